The van der Waals surface area contributed by atoms with Crippen LogP contribution in [0.1, 0.15) is 11.1 Å². The first-order valence-corrected chi connectivity index (χ1v) is 15.2. The van der Waals surface area contributed by atoms with E-state index in [2.05, 4.69) is 5.32 Å². The summed E-state index contributed by atoms with van der Waals surface area (Å²) in [4.78, 5) is 51.6. The summed E-state index contributed by atoms with van der Waals surface area (Å²) in [6, 6.07) is 10.0. The Morgan fingerprint density at radius 3 is 2.71 bits per heavy atom. The van der Waals surface area contributed by atoms with Gasteiger partial charge in [-0.1, -0.05) is 53.7 Å². The van der Waals surface area contributed by atoms with E-state index in [1.54, 1.807) is 17.6 Å². The average Bonchev–Trinajstić information content (AvgIpc) is 3.28. The number of β-lactam (4-membered cyclic amide) rings is 1. The second kappa shape index (κ2) is 11.2. The number of hydrogen-bond donors (Lipinski definition) is 3. The number of nitrogens with two attached hydrogens (primary N) is 1. The van der Waals surface area contributed by atoms with E-state index < -0.39 is 23.3 Å². The molecule has 38 heavy (non-hydrogen) atoms. The number of carbonyl (C=O) groups excluding carboxylic acids is 2. The summed E-state index contributed by atoms with van der Waals surface area (Å²) in [5, 5.41) is 14.4. The predicted molar refractivity (Wildman–Crippen MR) is 154 cm³/mol. The van der Waals surface area contributed by atoms with Gasteiger partial charge in [0.15, 0.2) is 5.43 Å². The van der Waals surface area contributed by atoms with E-state index in [0.717, 1.165) is 9.58 Å². The molecule has 0 radical (unpaired) electrons. The zero-order valence-corrected chi connectivity index (χ0v) is 23.5. The van der Waals surface area contributed by atoms with Crippen molar-refractivity contribution in [1.29, 1.82) is 0 Å². The maximum Gasteiger partial charge on any atom is 0.352 e. The molecule has 2 amide bonds. The SMILES string of the molecule is NCc1c(SC=CC2=C(C(=O)O)N3C(=O)C(NC(=O)Cc4ccccc4)[C@H]3SC2)sc2sc(Cl)cc2c1=O. The Bertz CT molecular complexity index is 1570. The lowest BCUT2D eigenvalue weighted by atomic mass is 10.0. The van der Waals surface area contributed by atoms with Gasteiger partial charge in [0.2, 0.25) is 5.91 Å². The van der Waals surface area contributed by atoms with E-state index in [9.17, 15) is 24.3 Å². The van der Waals surface area contributed by atoms with Gasteiger partial charge in [-0.05, 0) is 28.7 Å². The fourth-order valence-electron chi connectivity index (χ4n) is 4.21. The highest BCUT2D eigenvalue weighted by atomic mass is 35.5. The van der Waals surface area contributed by atoms with Crippen LogP contribution >= 0.6 is 57.8 Å². The number of halogens is 1. The second-order valence-corrected chi connectivity index (χ2v) is 13.6. The number of fused-ring (bicyclic) bond motifs is 2. The molecule has 1 saturated heterocycles. The lowest BCUT2D eigenvalue weighted by Gasteiger charge is -2.49. The third-order valence-electron chi connectivity index (χ3n) is 5.99. The number of benzene rings is 1. The van der Waals surface area contributed by atoms with E-state index in [-0.39, 0.29) is 30.0 Å². The third-order valence-corrected chi connectivity index (χ3v) is 11.0. The number of carboxylic acids is 1. The molecule has 4 N–H and O–H groups in total. The molecule has 1 aromatic carbocycles. The van der Waals surface area contributed by atoms with Crippen LogP contribution in [0.3, 0.4) is 0 Å². The monoisotopic (exact) mass is 605 g/mol. The highest BCUT2D eigenvalue weighted by molar-refractivity contribution is 8.04. The number of thiophene rings is 1. The van der Waals surface area contributed by atoms with Crippen molar-refractivity contribution in [2.75, 3.05) is 5.75 Å². The largest absolute Gasteiger partial charge is 0.477 e. The van der Waals surface area contributed by atoms with E-state index in [4.69, 9.17) is 17.3 Å². The molecule has 3 aromatic rings. The van der Waals surface area contributed by atoms with Crippen LogP contribution in [0, 0.1) is 0 Å². The highest BCUT2D eigenvalue weighted by Crippen LogP contribution is 2.42. The number of allylic oxidation sites excluding steroid dienone is 1. The number of carbonyl (C=O) groups is 3. The minimum Gasteiger partial charge on any atom is -0.477 e. The molecule has 0 saturated carbocycles. The van der Waals surface area contributed by atoms with Crippen LogP contribution < -0.4 is 16.5 Å². The summed E-state index contributed by atoms with van der Waals surface area (Å²) in [7, 11) is 0. The number of amides is 2. The molecule has 2 aliphatic rings. The second-order valence-electron chi connectivity index (χ2n) is 8.37. The number of hydrogen-bond acceptors (Lipinski definition) is 9. The summed E-state index contributed by atoms with van der Waals surface area (Å²) in [5.74, 6) is -1.62. The molecule has 8 nitrogen and oxygen atoms in total. The van der Waals surface area contributed by atoms with Crippen molar-refractivity contribution < 1.29 is 19.5 Å². The van der Waals surface area contributed by atoms with Gasteiger partial charge in [-0.15, -0.1) is 34.4 Å². The zero-order valence-electron chi connectivity index (χ0n) is 19.5. The quantitative estimate of drug-likeness (QED) is 0.259. The van der Waals surface area contributed by atoms with Crippen LogP contribution in [-0.4, -0.2) is 45.0 Å². The van der Waals surface area contributed by atoms with Crippen LogP contribution in [0.5, 0.6) is 0 Å². The van der Waals surface area contributed by atoms with Gasteiger partial charge in [-0.2, -0.15) is 0 Å². The molecule has 1 unspecified atom stereocenters. The molecule has 13 heteroatoms. The van der Waals surface area contributed by atoms with Crippen LogP contribution in [0.25, 0.3) is 9.40 Å². The van der Waals surface area contributed by atoms with Gasteiger partial charge in [-0.3, -0.25) is 19.3 Å². The van der Waals surface area contributed by atoms with E-state index in [1.807, 2.05) is 30.3 Å². The molecule has 0 aliphatic carbocycles. The van der Waals surface area contributed by atoms with Crippen molar-refractivity contribution in [3.05, 3.63) is 84.8 Å². The summed E-state index contributed by atoms with van der Waals surface area (Å²) in [5.41, 5.74) is 7.36. The van der Waals surface area contributed by atoms with Crippen molar-refractivity contribution in [2.45, 2.75) is 28.6 Å². The van der Waals surface area contributed by atoms with Gasteiger partial charge in [-0.25, -0.2) is 4.79 Å². The molecule has 2 atom stereocenters. The fraction of sp³-hybridized carbons (Fsp3) is 0.200. The van der Waals surface area contributed by atoms with Gasteiger partial charge in [0.25, 0.3) is 5.91 Å². The van der Waals surface area contributed by atoms with Crippen molar-refractivity contribution in [3.8, 4) is 0 Å². The van der Waals surface area contributed by atoms with Gasteiger partial charge >= 0.3 is 5.97 Å². The molecule has 4 heterocycles. The van der Waals surface area contributed by atoms with Crippen LogP contribution in [0.2, 0.25) is 4.34 Å². The number of rotatable bonds is 8. The molecule has 2 aliphatic heterocycles. The third kappa shape index (κ3) is 5.16. The standard InChI is InChI=1S/C25H20ClN3O5S4/c26-16-9-14-20(31)15(10-27)24(38-25(14)37-16)35-7-6-13-11-36-22-18(21(32)29(22)19(13)23(33)34)28-17(30)8-12-4-2-1-3-5-12/h1-7,9,18,22H,8,10-11,27H2,(H,28,30)(H,33,34)/t18?,22-/m1/s1. The highest BCUT2D eigenvalue weighted by Gasteiger charge is 2.53. The Morgan fingerprint density at radius 2 is 2.00 bits per heavy atom. The fourth-order valence-corrected chi connectivity index (χ4v) is 9.48. The van der Waals surface area contributed by atoms with Crippen molar-refractivity contribution in [1.82, 2.24) is 10.2 Å². The lowest BCUT2D eigenvalue weighted by molar-refractivity contribution is -0.150. The van der Waals surface area contributed by atoms with Crippen LogP contribution in [0.15, 0.2) is 68.2 Å². The topological polar surface area (TPSA) is 130 Å². The Labute approximate surface area is 238 Å². The van der Waals surface area contributed by atoms with Gasteiger partial charge in [0.05, 0.1) is 24.4 Å². The molecule has 0 spiro atoms. The molecule has 5 rings (SSSR count). The van der Waals surface area contributed by atoms with Gasteiger partial charge in [0.1, 0.15) is 17.1 Å². The van der Waals surface area contributed by atoms with Gasteiger partial charge < -0.3 is 16.2 Å². The minimum atomic E-state index is -1.22. The Morgan fingerprint density at radius 1 is 1.24 bits per heavy atom. The summed E-state index contributed by atoms with van der Waals surface area (Å²) in [6.07, 6.45) is 1.78. The summed E-state index contributed by atoms with van der Waals surface area (Å²) >= 11 is 11.5. The van der Waals surface area contributed by atoms with Gasteiger partial charge in [0, 0.05) is 17.9 Å². The number of nitrogens with one attached hydrogen (secondary N) is 1. The maximum absolute atomic E-state index is 12.9. The molecule has 2 aromatic heterocycles. The molecule has 1 fully saturated rings. The lowest BCUT2D eigenvalue weighted by Crippen LogP contribution is -2.70. The smallest absolute Gasteiger partial charge is 0.352 e. The Hall–Kier alpha value is -2.61. The van der Waals surface area contributed by atoms with Crippen molar-refractivity contribution in [2.24, 2.45) is 5.73 Å². The zero-order chi connectivity index (χ0) is 27.0. The first kappa shape index (κ1) is 27.0. The maximum atomic E-state index is 12.9. The van der Waals surface area contributed by atoms with E-state index in [1.165, 1.54) is 51.1 Å². The average molecular weight is 606 g/mol. The number of aliphatic carboxylic acids is 1. The molecular weight excluding hydrogens is 586 g/mol. The number of nitrogens with zero attached hydrogens (tertiary/aromatic N) is 1. The minimum absolute atomic E-state index is 0.0647. The van der Waals surface area contributed by atoms with Crippen molar-refractivity contribution >= 4 is 85.0 Å². The summed E-state index contributed by atoms with van der Waals surface area (Å²) in [6.45, 7) is 0.0647. The molecular formula is C25H20ClN3O5S4. The van der Waals surface area contributed by atoms with E-state index >= 15 is 0 Å². The first-order valence-electron chi connectivity index (χ1n) is 11.3. The number of thioether (sulfide) groups is 2. The molecule has 0 bridgehead atoms. The first-order chi connectivity index (χ1) is 18.3. The number of carboxylic acid groups (broad SMARTS) is 1. The Balaban J connectivity index is 1.32. The Kier molecular flexibility index (Phi) is 7.98. The normalized spacial score (nSPS) is 19.1. The molecule has 196 valence electrons. The van der Waals surface area contributed by atoms with Crippen molar-refractivity contribution in [3.63, 3.8) is 0 Å². The van der Waals surface area contributed by atoms with Crippen LogP contribution in [-0.2, 0) is 27.3 Å². The summed E-state index contributed by atoms with van der Waals surface area (Å²) < 4.78 is 2.02. The predicted octanol–water partition coefficient (Wildman–Crippen LogP) is 4.02. The van der Waals surface area contributed by atoms with E-state index in [0.29, 0.717) is 30.8 Å². The van der Waals surface area contributed by atoms with Crippen LogP contribution in [0.4, 0.5) is 0 Å².